The third kappa shape index (κ3) is 2.49. The summed E-state index contributed by atoms with van der Waals surface area (Å²) in [5.74, 6) is 0. The number of aryl methyl sites for hydroxylation is 1. The predicted molar refractivity (Wildman–Crippen MR) is 60.1 cm³/mol. The van der Waals surface area contributed by atoms with E-state index in [9.17, 15) is 4.21 Å². The minimum atomic E-state index is 0.0858. The summed E-state index contributed by atoms with van der Waals surface area (Å²) in [6.07, 6.45) is 0.919. The van der Waals surface area contributed by atoms with Gasteiger partial charge in [0, 0.05) is 6.04 Å². The Labute approximate surface area is 88.3 Å². The van der Waals surface area contributed by atoms with E-state index in [1.807, 2.05) is 25.1 Å². The molecule has 0 aliphatic heterocycles. The molecule has 0 saturated heterocycles. The second kappa shape index (κ2) is 5.02. The van der Waals surface area contributed by atoms with Gasteiger partial charge in [-0.3, -0.25) is 0 Å². The van der Waals surface area contributed by atoms with Gasteiger partial charge >= 0.3 is 11.9 Å². The van der Waals surface area contributed by atoms with E-state index >= 15 is 0 Å². The molecule has 0 aromatic heterocycles. The summed E-state index contributed by atoms with van der Waals surface area (Å²) in [5, 5.41) is 0. The molecule has 0 amide bonds. The molecule has 14 heavy (non-hydrogen) atoms. The lowest BCUT2D eigenvalue weighted by Crippen LogP contribution is -2.09. The van der Waals surface area contributed by atoms with E-state index in [1.54, 1.807) is 0 Å². The van der Waals surface area contributed by atoms with Gasteiger partial charge in [0.2, 0.25) is 0 Å². The standard InChI is InChI=1S/C10H15N2OS/c1-3-9(11)8-4-5-10(12-14-13)7(2)6-8/h4-6,9H,3,11H2,1-2H3,(H,12,13)/q+1. The van der Waals surface area contributed by atoms with Crippen LogP contribution in [0, 0.1) is 6.92 Å². The van der Waals surface area contributed by atoms with Gasteiger partial charge in [0.05, 0.1) is 9.90 Å². The van der Waals surface area contributed by atoms with Crippen LogP contribution in [0.4, 0.5) is 5.69 Å². The number of anilines is 1. The van der Waals surface area contributed by atoms with Crippen LogP contribution in [0.2, 0.25) is 0 Å². The van der Waals surface area contributed by atoms with Crippen LogP contribution in [0.1, 0.15) is 30.5 Å². The van der Waals surface area contributed by atoms with Gasteiger partial charge in [-0.1, -0.05) is 23.8 Å². The maximum Gasteiger partial charge on any atom is 0.624 e. The normalized spacial score (nSPS) is 12.2. The van der Waals surface area contributed by atoms with Crippen LogP contribution >= 0.6 is 0 Å². The van der Waals surface area contributed by atoms with Crippen molar-refractivity contribution in [3.05, 3.63) is 29.3 Å². The van der Waals surface area contributed by atoms with E-state index in [-0.39, 0.29) is 6.04 Å². The van der Waals surface area contributed by atoms with Gasteiger partial charge in [0.1, 0.15) is 0 Å². The number of hydrogen-bond donors (Lipinski definition) is 2. The molecule has 0 bridgehead atoms. The third-order valence-corrected chi connectivity index (χ3v) is 2.57. The molecule has 1 unspecified atom stereocenters. The first-order valence-electron chi connectivity index (χ1n) is 4.60. The van der Waals surface area contributed by atoms with Gasteiger partial charge in [-0.05, 0) is 30.5 Å². The molecule has 1 aromatic rings. The van der Waals surface area contributed by atoms with Crippen molar-refractivity contribution >= 4 is 17.5 Å². The third-order valence-electron chi connectivity index (χ3n) is 2.27. The van der Waals surface area contributed by atoms with Gasteiger partial charge < -0.3 is 5.73 Å². The van der Waals surface area contributed by atoms with Crippen LogP contribution in [0.5, 0.6) is 0 Å². The Balaban J connectivity index is 2.93. The first-order valence-corrected chi connectivity index (χ1v) is 5.34. The van der Waals surface area contributed by atoms with Crippen molar-refractivity contribution < 1.29 is 4.21 Å². The maximum atomic E-state index is 10.3. The molecule has 0 saturated carbocycles. The summed E-state index contributed by atoms with van der Waals surface area (Å²) in [4.78, 5) is 0. The maximum absolute atomic E-state index is 10.3. The van der Waals surface area contributed by atoms with E-state index < -0.39 is 0 Å². The Hall–Kier alpha value is -1.00. The number of hydrogen-bond acceptors (Lipinski definition) is 2. The van der Waals surface area contributed by atoms with E-state index in [2.05, 4.69) is 11.6 Å². The molecule has 4 heteroatoms. The van der Waals surface area contributed by atoms with Gasteiger partial charge in [-0.15, -0.1) is 0 Å². The lowest BCUT2D eigenvalue weighted by molar-refractivity contribution is 0.607. The summed E-state index contributed by atoms with van der Waals surface area (Å²) in [7, 11) is 0. The number of rotatable bonds is 4. The second-order valence-corrected chi connectivity index (χ2v) is 3.65. The van der Waals surface area contributed by atoms with Gasteiger partial charge in [-0.25, -0.2) is 0 Å². The van der Waals surface area contributed by atoms with E-state index in [4.69, 9.17) is 5.73 Å². The van der Waals surface area contributed by atoms with E-state index in [1.165, 1.54) is 0 Å². The van der Waals surface area contributed by atoms with Crippen molar-refractivity contribution in [2.24, 2.45) is 5.73 Å². The zero-order valence-corrected chi connectivity index (χ0v) is 9.23. The zero-order chi connectivity index (χ0) is 10.6. The highest BCUT2D eigenvalue weighted by molar-refractivity contribution is 7.67. The fourth-order valence-electron chi connectivity index (χ4n) is 1.31. The van der Waals surface area contributed by atoms with Crippen LogP contribution in [0.3, 0.4) is 0 Å². The Morgan fingerprint density at radius 1 is 1.57 bits per heavy atom. The molecule has 0 aliphatic carbocycles. The summed E-state index contributed by atoms with van der Waals surface area (Å²) in [6.45, 7) is 4.02. The molecular formula is C10H15N2OS+. The van der Waals surface area contributed by atoms with Crippen LogP contribution in [-0.4, -0.2) is 0 Å². The Morgan fingerprint density at radius 3 is 2.79 bits per heavy atom. The lowest BCUT2D eigenvalue weighted by Gasteiger charge is -2.10. The van der Waals surface area contributed by atoms with Gasteiger partial charge in [0.15, 0.2) is 0 Å². The highest BCUT2D eigenvalue weighted by Gasteiger charge is 2.08. The molecule has 0 aliphatic rings. The first-order chi connectivity index (χ1) is 6.69. The zero-order valence-electron chi connectivity index (χ0n) is 8.41. The molecule has 76 valence electrons. The lowest BCUT2D eigenvalue weighted by atomic mass is 10.0. The monoisotopic (exact) mass is 211 g/mol. The predicted octanol–water partition coefficient (Wildman–Crippen LogP) is 2.16. The fourth-order valence-corrected chi connectivity index (χ4v) is 1.63. The summed E-state index contributed by atoms with van der Waals surface area (Å²) in [5.41, 5.74) is 8.93. The molecule has 3 nitrogen and oxygen atoms in total. The second-order valence-electron chi connectivity index (χ2n) is 3.27. The highest BCUT2D eigenvalue weighted by Crippen LogP contribution is 2.20. The summed E-state index contributed by atoms with van der Waals surface area (Å²) >= 11 is 0.358. The minimum Gasteiger partial charge on any atom is -0.324 e. The molecule has 0 radical (unpaired) electrons. The Kier molecular flexibility index (Phi) is 3.98. The molecule has 1 rings (SSSR count). The molecular weight excluding hydrogens is 196 g/mol. The van der Waals surface area contributed by atoms with Crippen molar-refractivity contribution in [2.75, 3.05) is 4.72 Å². The van der Waals surface area contributed by atoms with Gasteiger partial charge in [-0.2, -0.15) is 0 Å². The van der Waals surface area contributed by atoms with Crippen molar-refractivity contribution in [2.45, 2.75) is 26.3 Å². The number of benzene rings is 1. The Bertz CT molecular complexity index is 328. The topological polar surface area (TPSA) is 55.1 Å². The largest absolute Gasteiger partial charge is 0.624 e. The average Bonchev–Trinajstić information content (AvgIpc) is 2.20. The van der Waals surface area contributed by atoms with Crippen LogP contribution < -0.4 is 10.5 Å². The van der Waals surface area contributed by atoms with Crippen LogP contribution in [0.15, 0.2) is 18.2 Å². The number of nitrogens with two attached hydrogens (primary N) is 1. The minimum absolute atomic E-state index is 0.0858. The molecule has 1 atom stereocenters. The quantitative estimate of drug-likeness (QED) is 0.592. The first kappa shape index (κ1) is 11.1. The van der Waals surface area contributed by atoms with Crippen LogP contribution in [0.25, 0.3) is 0 Å². The van der Waals surface area contributed by atoms with Gasteiger partial charge in [0.25, 0.3) is 0 Å². The molecule has 0 fully saturated rings. The smallest absolute Gasteiger partial charge is 0.324 e. The van der Waals surface area contributed by atoms with E-state index in [0.717, 1.165) is 23.2 Å². The highest BCUT2D eigenvalue weighted by atomic mass is 32.2. The SMILES string of the molecule is CCC(N)c1ccc(N[S+]=O)c(C)c1. The summed E-state index contributed by atoms with van der Waals surface area (Å²) < 4.78 is 13.0. The Morgan fingerprint density at radius 2 is 2.29 bits per heavy atom. The molecule has 0 heterocycles. The molecule has 1 aromatic carbocycles. The van der Waals surface area contributed by atoms with Crippen molar-refractivity contribution in [1.29, 1.82) is 0 Å². The van der Waals surface area contributed by atoms with Crippen molar-refractivity contribution in [3.8, 4) is 0 Å². The van der Waals surface area contributed by atoms with Crippen molar-refractivity contribution in [1.82, 2.24) is 0 Å². The van der Waals surface area contributed by atoms with Crippen LogP contribution in [-0.2, 0) is 16.1 Å². The average molecular weight is 211 g/mol. The fraction of sp³-hybridized carbons (Fsp3) is 0.400. The summed E-state index contributed by atoms with van der Waals surface area (Å²) in [6, 6.07) is 5.96. The molecule has 3 N–H and O–H groups in total. The van der Waals surface area contributed by atoms with Crippen molar-refractivity contribution in [3.63, 3.8) is 0 Å². The molecule has 0 spiro atoms. The number of nitrogens with one attached hydrogen (secondary N) is 1. The van der Waals surface area contributed by atoms with E-state index in [0.29, 0.717) is 11.9 Å².